The van der Waals surface area contributed by atoms with E-state index in [2.05, 4.69) is 24.5 Å². The Morgan fingerprint density at radius 2 is 1.54 bits per heavy atom. The van der Waals surface area contributed by atoms with Crippen molar-refractivity contribution in [3.05, 3.63) is 84.4 Å². The van der Waals surface area contributed by atoms with Crippen molar-refractivity contribution in [1.82, 2.24) is 0 Å². The zero-order valence-electron chi connectivity index (χ0n) is 16.3. The van der Waals surface area contributed by atoms with Crippen LogP contribution in [0.2, 0.25) is 0 Å². The number of para-hydroxylation sites is 1. The fraction of sp³-hybridized carbons (Fsp3) is 0.208. The summed E-state index contributed by atoms with van der Waals surface area (Å²) in [5.41, 5.74) is 3.31. The van der Waals surface area contributed by atoms with Crippen molar-refractivity contribution in [2.45, 2.75) is 20.3 Å². The molecular weight excluding hydrogens is 348 g/mol. The summed E-state index contributed by atoms with van der Waals surface area (Å²) in [6, 6.07) is 24.9. The average molecular weight is 374 g/mol. The van der Waals surface area contributed by atoms with Gasteiger partial charge in [-0.2, -0.15) is 0 Å². The zero-order chi connectivity index (χ0) is 19.8. The van der Waals surface area contributed by atoms with Gasteiger partial charge in [0.25, 0.3) is 5.91 Å². The summed E-state index contributed by atoms with van der Waals surface area (Å²) in [4.78, 5) is 12.5. The van der Waals surface area contributed by atoms with Crippen LogP contribution in [0.1, 0.15) is 30.6 Å². The number of anilines is 3. The lowest BCUT2D eigenvalue weighted by molar-refractivity contribution is 0.102. The molecule has 0 aliphatic rings. The molecular formula is C24H26N2O2. The molecule has 3 aromatic rings. The first-order valence-electron chi connectivity index (χ1n) is 9.56. The van der Waals surface area contributed by atoms with Crippen LogP contribution in [0.15, 0.2) is 78.9 Å². The largest absolute Gasteiger partial charge is 0.494 e. The molecule has 3 aromatic carbocycles. The first-order chi connectivity index (χ1) is 13.6. The first kappa shape index (κ1) is 19.5. The van der Waals surface area contributed by atoms with Crippen molar-refractivity contribution in [2.75, 3.05) is 17.2 Å². The highest BCUT2D eigenvalue weighted by molar-refractivity contribution is 6.04. The topological polar surface area (TPSA) is 50.4 Å². The molecule has 4 nitrogen and oxygen atoms in total. The van der Waals surface area contributed by atoms with Gasteiger partial charge in [0, 0.05) is 22.6 Å². The first-order valence-corrected chi connectivity index (χ1v) is 9.56. The Bertz CT molecular complexity index is 890. The lowest BCUT2D eigenvalue weighted by Crippen LogP contribution is -2.12. The monoisotopic (exact) mass is 374 g/mol. The Labute approximate surface area is 166 Å². The molecule has 0 aliphatic carbocycles. The van der Waals surface area contributed by atoms with Gasteiger partial charge in [0.2, 0.25) is 0 Å². The summed E-state index contributed by atoms with van der Waals surface area (Å²) in [7, 11) is 0. The van der Waals surface area contributed by atoms with E-state index in [0.717, 1.165) is 29.2 Å². The molecule has 4 heteroatoms. The third kappa shape index (κ3) is 5.88. The molecule has 0 aliphatic heterocycles. The minimum absolute atomic E-state index is 0.155. The van der Waals surface area contributed by atoms with Crippen LogP contribution in [0, 0.1) is 5.92 Å². The van der Waals surface area contributed by atoms with E-state index in [-0.39, 0.29) is 5.91 Å². The van der Waals surface area contributed by atoms with E-state index in [4.69, 9.17) is 4.74 Å². The summed E-state index contributed by atoms with van der Waals surface area (Å²) in [6.07, 6.45) is 0.986. The van der Waals surface area contributed by atoms with Gasteiger partial charge in [-0.1, -0.05) is 38.1 Å². The Balaban J connectivity index is 1.58. The van der Waals surface area contributed by atoms with Crippen LogP contribution in [-0.4, -0.2) is 12.5 Å². The van der Waals surface area contributed by atoms with Crippen LogP contribution in [0.3, 0.4) is 0 Å². The Morgan fingerprint density at radius 1 is 0.857 bits per heavy atom. The number of rotatable bonds is 8. The fourth-order valence-electron chi connectivity index (χ4n) is 2.67. The summed E-state index contributed by atoms with van der Waals surface area (Å²) in [6.45, 7) is 4.97. The number of ether oxygens (including phenoxy) is 1. The second-order valence-corrected chi connectivity index (χ2v) is 7.08. The molecule has 0 bridgehead atoms. The molecule has 0 atom stereocenters. The maximum absolute atomic E-state index is 12.5. The number of amides is 1. The van der Waals surface area contributed by atoms with Crippen molar-refractivity contribution in [3.63, 3.8) is 0 Å². The Morgan fingerprint density at radius 3 is 2.25 bits per heavy atom. The standard InChI is InChI=1S/C24H26N2O2/c1-18(2)15-16-28-23-10-6-7-19(17-23)24(27)26-22-13-11-21(12-14-22)25-20-8-4-3-5-9-20/h3-14,17-18,25H,15-16H2,1-2H3,(H,26,27). The minimum atomic E-state index is -0.155. The minimum Gasteiger partial charge on any atom is -0.494 e. The van der Waals surface area contributed by atoms with E-state index < -0.39 is 0 Å². The van der Waals surface area contributed by atoms with Gasteiger partial charge in [-0.15, -0.1) is 0 Å². The van der Waals surface area contributed by atoms with E-state index in [1.165, 1.54) is 0 Å². The molecule has 0 saturated carbocycles. The van der Waals surface area contributed by atoms with Gasteiger partial charge < -0.3 is 15.4 Å². The van der Waals surface area contributed by atoms with Crippen molar-refractivity contribution in [1.29, 1.82) is 0 Å². The van der Waals surface area contributed by atoms with Crippen LogP contribution in [0.5, 0.6) is 5.75 Å². The highest BCUT2D eigenvalue weighted by Crippen LogP contribution is 2.20. The van der Waals surface area contributed by atoms with Gasteiger partial charge in [-0.25, -0.2) is 0 Å². The molecule has 0 fully saturated rings. The summed E-state index contributed by atoms with van der Waals surface area (Å²) >= 11 is 0. The van der Waals surface area contributed by atoms with Gasteiger partial charge in [-0.3, -0.25) is 4.79 Å². The third-order valence-electron chi connectivity index (χ3n) is 4.27. The Hall–Kier alpha value is -3.27. The number of nitrogens with one attached hydrogen (secondary N) is 2. The molecule has 0 spiro atoms. The molecule has 0 aromatic heterocycles. The van der Waals surface area contributed by atoms with Gasteiger partial charge in [-0.05, 0) is 66.9 Å². The molecule has 0 unspecified atom stereocenters. The van der Waals surface area contributed by atoms with E-state index >= 15 is 0 Å². The predicted molar refractivity (Wildman–Crippen MR) is 116 cm³/mol. The lowest BCUT2D eigenvalue weighted by atomic mass is 10.1. The van der Waals surface area contributed by atoms with Crippen LogP contribution in [-0.2, 0) is 0 Å². The smallest absolute Gasteiger partial charge is 0.255 e. The molecule has 1 amide bonds. The lowest BCUT2D eigenvalue weighted by Gasteiger charge is -2.11. The maximum Gasteiger partial charge on any atom is 0.255 e. The maximum atomic E-state index is 12.5. The number of carbonyl (C=O) groups excluding carboxylic acids is 1. The van der Waals surface area contributed by atoms with Crippen molar-refractivity contribution < 1.29 is 9.53 Å². The summed E-state index contributed by atoms with van der Waals surface area (Å²) < 4.78 is 5.74. The second kappa shape index (κ2) is 9.60. The van der Waals surface area contributed by atoms with Crippen LogP contribution in [0.4, 0.5) is 17.1 Å². The molecule has 144 valence electrons. The van der Waals surface area contributed by atoms with Crippen LogP contribution >= 0.6 is 0 Å². The van der Waals surface area contributed by atoms with Crippen LogP contribution < -0.4 is 15.4 Å². The van der Waals surface area contributed by atoms with Gasteiger partial charge in [0.05, 0.1) is 6.61 Å². The molecule has 3 rings (SSSR count). The van der Waals surface area contributed by atoms with Crippen molar-refractivity contribution >= 4 is 23.0 Å². The fourth-order valence-corrected chi connectivity index (χ4v) is 2.67. The van der Waals surface area contributed by atoms with Crippen molar-refractivity contribution in [2.24, 2.45) is 5.92 Å². The van der Waals surface area contributed by atoms with E-state index in [0.29, 0.717) is 18.1 Å². The molecule has 2 N–H and O–H groups in total. The number of carbonyl (C=O) groups is 1. The van der Waals surface area contributed by atoms with E-state index in [9.17, 15) is 4.79 Å². The summed E-state index contributed by atoms with van der Waals surface area (Å²) in [5, 5.41) is 6.25. The zero-order valence-corrected chi connectivity index (χ0v) is 16.3. The number of benzene rings is 3. The summed E-state index contributed by atoms with van der Waals surface area (Å²) in [5.74, 6) is 1.15. The van der Waals surface area contributed by atoms with Crippen molar-refractivity contribution in [3.8, 4) is 5.75 Å². The van der Waals surface area contributed by atoms with E-state index in [1.54, 1.807) is 12.1 Å². The highest BCUT2D eigenvalue weighted by Gasteiger charge is 2.08. The quantitative estimate of drug-likeness (QED) is 0.500. The number of hydrogen-bond donors (Lipinski definition) is 2. The second-order valence-electron chi connectivity index (χ2n) is 7.08. The SMILES string of the molecule is CC(C)CCOc1cccc(C(=O)Nc2ccc(Nc3ccccc3)cc2)c1. The average Bonchev–Trinajstić information content (AvgIpc) is 2.70. The predicted octanol–water partition coefficient (Wildman–Crippen LogP) is 6.11. The third-order valence-corrected chi connectivity index (χ3v) is 4.27. The van der Waals surface area contributed by atoms with Gasteiger partial charge in [0.15, 0.2) is 0 Å². The van der Waals surface area contributed by atoms with Gasteiger partial charge in [0.1, 0.15) is 5.75 Å². The van der Waals surface area contributed by atoms with Crippen LogP contribution in [0.25, 0.3) is 0 Å². The Kier molecular flexibility index (Phi) is 6.68. The molecule has 0 heterocycles. The molecule has 0 saturated heterocycles. The normalized spacial score (nSPS) is 10.5. The molecule has 28 heavy (non-hydrogen) atoms. The molecule has 0 radical (unpaired) electrons. The highest BCUT2D eigenvalue weighted by atomic mass is 16.5. The van der Waals surface area contributed by atoms with E-state index in [1.807, 2.05) is 66.7 Å². The number of hydrogen-bond acceptors (Lipinski definition) is 3. The van der Waals surface area contributed by atoms with Gasteiger partial charge >= 0.3 is 0 Å².